The van der Waals surface area contributed by atoms with Gasteiger partial charge >= 0.3 is 0 Å². The quantitative estimate of drug-likeness (QED) is 0.587. The third-order valence-electron chi connectivity index (χ3n) is 4.60. The van der Waals surface area contributed by atoms with Gasteiger partial charge in [-0.1, -0.05) is 36.4 Å². The average molecular weight is 410 g/mol. The summed E-state index contributed by atoms with van der Waals surface area (Å²) in [5, 5.41) is 10.9. The van der Waals surface area contributed by atoms with E-state index in [2.05, 4.69) is 26.2 Å². The number of sulfonamides is 1. The maximum Gasteiger partial charge on any atom is 0.261 e. The predicted molar refractivity (Wildman–Crippen MR) is 110 cm³/mol. The third kappa shape index (κ3) is 5.65. The number of carbonyl (C=O) groups excluding carboxylic acids is 1. The minimum absolute atomic E-state index is 0.150. The molecule has 2 N–H and O–H groups in total. The maximum absolute atomic E-state index is 12.6. The molecule has 2 aromatic rings. The molecule has 0 bridgehead atoms. The monoisotopic (exact) mass is 410 g/mol. The summed E-state index contributed by atoms with van der Waals surface area (Å²) in [6.07, 6.45) is 7.28. The zero-order valence-electron chi connectivity index (χ0n) is 15.8. The van der Waals surface area contributed by atoms with Gasteiger partial charge in [-0.25, -0.2) is 8.42 Å². The van der Waals surface area contributed by atoms with Crippen molar-refractivity contribution in [1.29, 1.82) is 0 Å². The van der Waals surface area contributed by atoms with Crippen LogP contribution in [0.5, 0.6) is 0 Å². The summed E-state index contributed by atoms with van der Waals surface area (Å²) in [6, 6.07) is 15.1. The Morgan fingerprint density at radius 3 is 2.41 bits per heavy atom. The smallest absolute Gasteiger partial charge is 0.261 e. The standard InChI is InChI=1S/C21H22N4O3S/c1-2-3-14-21(24-25-21)15-13-20(26)22-16-17-9-7-8-12-19(17)23-29(27,28)18-10-5-4-6-11-18/h1,4-12,23H,3,13-16H2,(H,22,26). The van der Waals surface area contributed by atoms with Crippen LogP contribution in [0.25, 0.3) is 0 Å². The molecule has 1 aliphatic heterocycles. The van der Waals surface area contributed by atoms with Crippen molar-refractivity contribution in [3.05, 3.63) is 60.2 Å². The molecule has 0 radical (unpaired) electrons. The number of carbonyl (C=O) groups is 1. The molecule has 0 aliphatic carbocycles. The number of hydrogen-bond donors (Lipinski definition) is 2. The molecule has 0 fully saturated rings. The van der Waals surface area contributed by atoms with Gasteiger partial charge in [-0.05, 0) is 23.8 Å². The Balaban J connectivity index is 1.57. The van der Waals surface area contributed by atoms with E-state index in [0.717, 1.165) is 0 Å². The van der Waals surface area contributed by atoms with Gasteiger partial charge in [-0.15, -0.1) is 12.3 Å². The van der Waals surface area contributed by atoms with Gasteiger partial charge in [0.1, 0.15) is 0 Å². The zero-order valence-corrected chi connectivity index (χ0v) is 16.7. The highest BCUT2D eigenvalue weighted by molar-refractivity contribution is 7.92. The SMILES string of the molecule is C#CCCC1(CCC(=O)NCc2ccccc2NS(=O)(=O)c2ccccc2)N=N1. The van der Waals surface area contributed by atoms with Gasteiger partial charge in [0.05, 0.1) is 10.6 Å². The molecule has 1 amide bonds. The summed E-state index contributed by atoms with van der Waals surface area (Å²) in [5.41, 5.74) is 0.602. The second kappa shape index (κ2) is 8.88. The second-order valence-electron chi connectivity index (χ2n) is 6.74. The van der Waals surface area contributed by atoms with Crippen molar-refractivity contribution in [1.82, 2.24) is 5.32 Å². The van der Waals surface area contributed by atoms with Gasteiger partial charge in [-0.3, -0.25) is 9.52 Å². The Hall–Kier alpha value is -3.18. The lowest BCUT2D eigenvalue weighted by molar-refractivity contribution is -0.121. The molecule has 0 unspecified atom stereocenters. The maximum atomic E-state index is 12.6. The van der Waals surface area contributed by atoms with E-state index < -0.39 is 15.7 Å². The molecular formula is C21H22N4O3S. The molecule has 7 nitrogen and oxygen atoms in total. The van der Waals surface area contributed by atoms with E-state index in [4.69, 9.17) is 6.42 Å². The van der Waals surface area contributed by atoms with Crippen LogP contribution in [0.2, 0.25) is 0 Å². The molecule has 2 aromatic carbocycles. The number of nitrogens with zero attached hydrogens (tertiary/aromatic N) is 2. The molecule has 29 heavy (non-hydrogen) atoms. The predicted octanol–water partition coefficient (Wildman–Crippen LogP) is 3.46. The zero-order chi connectivity index (χ0) is 20.7. The lowest BCUT2D eigenvalue weighted by Crippen LogP contribution is -2.25. The Kier molecular flexibility index (Phi) is 6.29. The number of para-hydroxylation sites is 1. The van der Waals surface area contributed by atoms with E-state index in [0.29, 0.717) is 30.5 Å². The molecule has 1 heterocycles. The fourth-order valence-corrected chi connectivity index (χ4v) is 3.96. The molecule has 0 saturated carbocycles. The lowest BCUT2D eigenvalue weighted by atomic mass is 10.0. The molecule has 0 atom stereocenters. The minimum Gasteiger partial charge on any atom is -0.352 e. The van der Waals surface area contributed by atoms with Crippen LogP contribution in [0.3, 0.4) is 0 Å². The van der Waals surface area contributed by atoms with Crippen LogP contribution in [-0.4, -0.2) is 20.0 Å². The first-order chi connectivity index (χ1) is 13.9. The Bertz CT molecular complexity index is 1040. The lowest BCUT2D eigenvalue weighted by Gasteiger charge is -2.14. The molecule has 150 valence electrons. The van der Waals surface area contributed by atoms with Crippen LogP contribution in [0.15, 0.2) is 69.7 Å². The summed E-state index contributed by atoms with van der Waals surface area (Å²) < 4.78 is 27.7. The van der Waals surface area contributed by atoms with Gasteiger partial charge in [0.15, 0.2) is 5.66 Å². The molecular weight excluding hydrogens is 388 g/mol. The number of nitrogens with one attached hydrogen (secondary N) is 2. The van der Waals surface area contributed by atoms with E-state index in [9.17, 15) is 13.2 Å². The van der Waals surface area contributed by atoms with Gasteiger partial charge in [0, 0.05) is 32.2 Å². The number of anilines is 1. The van der Waals surface area contributed by atoms with E-state index in [1.807, 2.05) is 0 Å². The Morgan fingerprint density at radius 1 is 1.03 bits per heavy atom. The topological polar surface area (TPSA) is 100.0 Å². The van der Waals surface area contributed by atoms with Crippen LogP contribution < -0.4 is 10.0 Å². The second-order valence-corrected chi connectivity index (χ2v) is 8.42. The van der Waals surface area contributed by atoms with Gasteiger partial charge in [-0.2, -0.15) is 10.2 Å². The summed E-state index contributed by atoms with van der Waals surface area (Å²) in [5.74, 6) is 2.41. The van der Waals surface area contributed by atoms with Crippen molar-refractivity contribution in [2.24, 2.45) is 10.2 Å². The molecule has 0 aromatic heterocycles. The highest BCUT2D eigenvalue weighted by atomic mass is 32.2. The van der Waals surface area contributed by atoms with Crippen LogP contribution in [0, 0.1) is 12.3 Å². The summed E-state index contributed by atoms with van der Waals surface area (Å²) >= 11 is 0. The third-order valence-corrected chi connectivity index (χ3v) is 5.98. The van der Waals surface area contributed by atoms with E-state index in [-0.39, 0.29) is 23.8 Å². The van der Waals surface area contributed by atoms with Gasteiger partial charge in [0.25, 0.3) is 10.0 Å². The molecule has 1 aliphatic rings. The van der Waals surface area contributed by atoms with E-state index >= 15 is 0 Å². The number of rotatable bonds is 10. The van der Waals surface area contributed by atoms with Crippen LogP contribution in [0.1, 0.15) is 31.2 Å². The first kappa shape index (κ1) is 20.6. The largest absolute Gasteiger partial charge is 0.352 e. The Labute approximate surface area is 170 Å². The van der Waals surface area contributed by atoms with Crippen molar-refractivity contribution in [3.63, 3.8) is 0 Å². The van der Waals surface area contributed by atoms with E-state index in [1.165, 1.54) is 12.1 Å². The molecule has 8 heteroatoms. The summed E-state index contributed by atoms with van der Waals surface area (Å²) in [6.45, 7) is 0.206. The normalized spacial score (nSPS) is 14.0. The van der Waals surface area contributed by atoms with Crippen molar-refractivity contribution >= 4 is 21.6 Å². The summed E-state index contributed by atoms with van der Waals surface area (Å²) in [4.78, 5) is 12.4. The van der Waals surface area contributed by atoms with Crippen molar-refractivity contribution in [2.45, 2.75) is 42.8 Å². The Morgan fingerprint density at radius 2 is 1.72 bits per heavy atom. The van der Waals surface area contributed by atoms with Crippen molar-refractivity contribution < 1.29 is 13.2 Å². The molecule has 0 spiro atoms. The fourth-order valence-electron chi connectivity index (χ4n) is 2.84. The minimum atomic E-state index is -3.71. The highest BCUT2D eigenvalue weighted by Gasteiger charge is 2.39. The van der Waals surface area contributed by atoms with Crippen LogP contribution in [-0.2, 0) is 21.4 Å². The first-order valence-corrected chi connectivity index (χ1v) is 10.7. The highest BCUT2D eigenvalue weighted by Crippen LogP contribution is 2.37. The fraction of sp³-hybridized carbons (Fsp3) is 0.286. The number of terminal acetylenes is 1. The number of hydrogen-bond acceptors (Lipinski definition) is 5. The summed E-state index contributed by atoms with van der Waals surface area (Å²) in [7, 11) is -3.71. The van der Waals surface area contributed by atoms with Crippen LogP contribution >= 0.6 is 0 Å². The molecule has 0 saturated heterocycles. The van der Waals surface area contributed by atoms with Crippen molar-refractivity contribution in [2.75, 3.05) is 4.72 Å². The van der Waals surface area contributed by atoms with Gasteiger partial charge < -0.3 is 5.32 Å². The molecule has 3 rings (SSSR count). The number of amides is 1. The van der Waals surface area contributed by atoms with Gasteiger partial charge in [0.2, 0.25) is 5.91 Å². The first-order valence-electron chi connectivity index (χ1n) is 9.24. The average Bonchev–Trinajstić information content (AvgIpc) is 3.51. The van der Waals surface area contributed by atoms with E-state index in [1.54, 1.807) is 42.5 Å². The number of benzene rings is 2. The van der Waals surface area contributed by atoms with Crippen molar-refractivity contribution in [3.8, 4) is 12.3 Å². The van der Waals surface area contributed by atoms with Crippen LogP contribution in [0.4, 0.5) is 5.69 Å².